The van der Waals surface area contributed by atoms with E-state index in [1.165, 1.54) is 241 Å². The van der Waals surface area contributed by atoms with Gasteiger partial charge >= 0.3 is 23.9 Å². The molecule has 0 heterocycles. The number of esters is 4. The molecule has 0 amide bonds. The summed E-state index contributed by atoms with van der Waals surface area (Å²) in [6, 6.07) is 41.1. The van der Waals surface area contributed by atoms with Gasteiger partial charge in [0.2, 0.25) is 0 Å². The van der Waals surface area contributed by atoms with Crippen LogP contribution in [0, 0.1) is 11.6 Å². The second-order valence-electron chi connectivity index (χ2n) is 25.1. The summed E-state index contributed by atoms with van der Waals surface area (Å²) in [5, 5.41) is -0.0165. The van der Waals surface area contributed by atoms with Crippen molar-refractivity contribution in [3.63, 3.8) is 0 Å². The van der Waals surface area contributed by atoms with Crippen LogP contribution in [-0.2, 0) is 12.8 Å². The van der Waals surface area contributed by atoms with Crippen LogP contribution in [0.4, 0.5) is 8.78 Å². The van der Waals surface area contributed by atoms with Gasteiger partial charge in [0.05, 0.1) is 22.3 Å². The molecule has 0 aliphatic heterocycles. The molecule has 7 rings (SSSR count). The summed E-state index contributed by atoms with van der Waals surface area (Å²) in [5.74, 6) is -6.41. The predicted molar refractivity (Wildman–Crippen MR) is 374 cm³/mol. The van der Waals surface area contributed by atoms with Gasteiger partial charge < -0.3 is 18.9 Å². The molecule has 0 aliphatic rings. The maximum Gasteiger partial charge on any atom is 0.346 e. The van der Waals surface area contributed by atoms with Crippen molar-refractivity contribution in [3.8, 4) is 45.3 Å². The van der Waals surface area contributed by atoms with Crippen molar-refractivity contribution in [1.82, 2.24) is 0 Å². The van der Waals surface area contributed by atoms with Gasteiger partial charge in [-0.2, -0.15) is 0 Å². The van der Waals surface area contributed by atoms with Gasteiger partial charge in [-0.25, -0.2) is 28.0 Å². The second kappa shape index (κ2) is 42.0. The molecule has 0 N–H and O–H groups in total. The van der Waals surface area contributed by atoms with Gasteiger partial charge in [0.1, 0.15) is 34.6 Å². The Morgan fingerprint density at radius 1 is 0.290 bits per heavy atom. The number of unbranched alkanes of at least 4 members (excludes halogenated alkanes) is 30. The van der Waals surface area contributed by atoms with Gasteiger partial charge in [-0.15, -0.1) is 0 Å². The van der Waals surface area contributed by atoms with Crippen molar-refractivity contribution < 1.29 is 46.9 Å². The molecule has 496 valence electrons. The van der Waals surface area contributed by atoms with Crippen molar-refractivity contribution in [2.45, 2.75) is 232 Å². The summed E-state index contributed by atoms with van der Waals surface area (Å²) in [7, 11) is 0. The normalized spacial score (nSPS) is 11.2. The van der Waals surface area contributed by atoms with Gasteiger partial charge in [-0.1, -0.05) is 291 Å². The molecule has 0 aliphatic carbocycles. The number of carbonyl (C=O) groups is 4. The fourth-order valence-corrected chi connectivity index (χ4v) is 12.1. The fourth-order valence-electron chi connectivity index (χ4n) is 11.8. The van der Waals surface area contributed by atoms with Crippen LogP contribution >= 0.6 is 11.6 Å². The Hall–Kier alpha value is -7.43. The molecule has 0 aromatic heterocycles. The van der Waals surface area contributed by atoms with Crippen LogP contribution in [0.15, 0.2) is 152 Å². The van der Waals surface area contributed by atoms with Crippen LogP contribution in [0.25, 0.3) is 22.3 Å². The SMILES string of the molecule is CCCCCCCCCCCCCCCCCCc1ccc(-c2ccc(C(=O)Oc3ccc(C(=O)Oc4cc(Cl)cc(OC(=O)c5ccc(OC(=O)c6ccc(-c7ccc(CCCCCCCCCCCCCCCCCC)cc7)cc6)cc5F)c4)c(F)c3)cc2)cc1. The maximum atomic E-state index is 15.4. The summed E-state index contributed by atoms with van der Waals surface area (Å²) < 4.78 is 52.6. The van der Waals surface area contributed by atoms with E-state index in [0.29, 0.717) is 0 Å². The van der Waals surface area contributed by atoms with Crippen LogP contribution in [0.5, 0.6) is 23.0 Å². The average molecular weight is 1290 g/mol. The van der Waals surface area contributed by atoms with Gasteiger partial charge in [-0.05, 0) is 120 Å². The first-order valence-electron chi connectivity index (χ1n) is 35.1. The van der Waals surface area contributed by atoms with Crippen LogP contribution in [0.3, 0.4) is 0 Å². The smallest absolute Gasteiger partial charge is 0.346 e. The average Bonchev–Trinajstić information content (AvgIpc) is 1.44. The molecule has 0 bridgehead atoms. The number of hydrogen-bond acceptors (Lipinski definition) is 8. The monoisotopic (exact) mass is 1280 g/mol. The molecule has 0 saturated carbocycles. The highest BCUT2D eigenvalue weighted by molar-refractivity contribution is 6.31. The van der Waals surface area contributed by atoms with Gasteiger partial charge in [0, 0.05) is 23.2 Å². The molecular formula is C82H99ClF2O8. The first-order valence-corrected chi connectivity index (χ1v) is 35.5. The molecular weight excluding hydrogens is 1190 g/mol. The Morgan fingerprint density at radius 3 is 0.828 bits per heavy atom. The minimum Gasteiger partial charge on any atom is -0.423 e. The molecule has 0 unspecified atom stereocenters. The van der Waals surface area contributed by atoms with E-state index in [1.807, 2.05) is 24.3 Å². The molecule has 0 saturated heterocycles. The number of rotatable bonds is 44. The standard InChI is InChI=1S/C82H99ClF2O8/c1-3-5-7-9-11-13-15-17-19-21-23-25-27-29-31-33-35-62-37-41-64(42-38-62)66-45-49-68(50-46-66)79(86)90-71-53-55-75(77(84)60-71)81(88)92-73-57-70(83)58-74(59-73)93-82(89)76-56-54-72(61-78(76)85)91-80(87)69-51-47-67(48-52-69)65-43-39-63(40-44-65)36-34-32-30-28-26-24-22-20-18-16-14-12-10-8-6-4-2/h37-61H,3-36H2,1-2H3. The van der Waals surface area contributed by atoms with E-state index in [1.54, 1.807) is 24.3 Å². The molecule has 0 spiro atoms. The van der Waals surface area contributed by atoms with Crippen LogP contribution in [0.1, 0.15) is 272 Å². The zero-order valence-electron chi connectivity index (χ0n) is 55.4. The molecule has 0 radical (unpaired) electrons. The third-order valence-electron chi connectivity index (χ3n) is 17.5. The second-order valence-corrected chi connectivity index (χ2v) is 25.6. The Kier molecular flexibility index (Phi) is 33.0. The number of halogens is 3. The summed E-state index contributed by atoms with van der Waals surface area (Å²) in [6.07, 6.45) is 45.4. The summed E-state index contributed by atoms with van der Waals surface area (Å²) >= 11 is 6.28. The number of ether oxygens (including phenoxy) is 4. The lowest BCUT2D eigenvalue weighted by molar-refractivity contribution is 0.0720. The van der Waals surface area contributed by atoms with Gasteiger partial charge in [0.25, 0.3) is 0 Å². The maximum absolute atomic E-state index is 15.4. The third kappa shape index (κ3) is 26.8. The van der Waals surface area contributed by atoms with Crippen molar-refractivity contribution >= 4 is 35.5 Å². The molecule has 8 nitrogen and oxygen atoms in total. The number of benzene rings is 7. The first kappa shape index (κ1) is 73.0. The lowest BCUT2D eigenvalue weighted by Crippen LogP contribution is -2.13. The Labute approximate surface area is 558 Å². The van der Waals surface area contributed by atoms with Crippen LogP contribution in [0.2, 0.25) is 5.02 Å². The Bertz CT molecular complexity index is 3120. The summed E-state index contributed by atoms with van der Waals surface area (Å²) in [6.45, 7) is 4.55. The van der Waals surface area contributed by atoms with E-state index < -0.39 is 46.6 Å². The highest BCUT2D eigenvalue weighted by Crippen LogP contribution is 2.31. The van der Waals surface area contributed by atoms with E-state index in [9.17, 15) is 19.2 Å². The topological polar surface area (TPSA) is 105 Å². The van der Waals surface area contributed by atoms with E-state index in [0.717, 1.165) is 65.4 Å². The lowest BCUT2D eigenvalue weighted by Gasteiger charge is -2.11. The quantitative estimate of drug-likeness (QED) is 0.0211. The Morgan fingerprint density at radius 2 is 0.548 bits per heavy atom. The van der Waals surface area contributed by atoms with Crippen molar-refractivity contribution in [3.05, 3.63) is 202 Å². The molecule has 0 atom stereocenters. The largest absolute Gasteiger partial charge is 0.423 e. The van der Waals surface area contributed by atoms with E-state index in [-0.39, 0.29) is 39.1 Å². The number of carbonyl (C=O) groups excluding carboxylic acids is 4. The van der Waals surface area contributed by atoms with Gasteiger partial charge in [0.15, 0.2) is 0 Å². The minimum atomic E-state index is -1.12. The third-order valence-corrected chi connectivity index (χ3v) is 17.7. The molecule has 7 aromatic carbocycles. The van der Waals surface area contributed by atoms with E-state index in [2.05, 4.69) is 62.4 Å². The van der Waals surface area contributed by atoms with Gasteiger partial charge in [-0.3, -0.25) is 0 Å². The summed E-state index contributed by atoms with van der Waals surface area (Å²) in [4.78, 5) is 52.6. The van der Waals surface area contributed by atoms with Crippen LogP contribution in [-0.4, -0.2) is 23.9 Å². The number of hydrogen-bond donors (Lipinski definition) is 0. The zero-order chi connectivity index (χ0) is 65.7. The fraction of sp³-hybridized carbons (Fsp3) is 0.439. The Balaban J connectivity index is 0.774. The van der Waals surface area contributed by atoms with Crippen molar-refractivity contribution in [1.29, 1.82) is 0 Å². The number of aryl methyl sites for hydroxylation is 2. The summed E-state index contributed by atoms with van der Waals surface area (Å²) in [5.41, 5.74) is 6.07. The highest BCUT2D eigenvalue weighted by atomic mass is 35.5. The molecule has 93 heavy (non-hydrogen) atoms. The first-order chi connectivity index (χ1) is 45.5. The van der Waals surface area contributed by atoms with E-state index in [4.69, 9.17) is 30.5 Å². The van der Waals surface area contributed by atoms with E-state index >= 15 is 8.78 Å². The molecule has 0 fully saturated rings. The molecule has 7 aromatic rings. The van der Waals surface area contributed by atoms with Crippen LogP contribution < -0.4 is 18.9 Å². The zero-order valence-corrected chi connectivity index (χ0v) is 56.1. The minimum absolute atomic E-state index is 0.0165. The highest BCUT2D eigenvalue weighted by Gasteiger charge is 2.21. The predicted octanol–water partition coefficient (Wildman–Crippen LogP) is 24.4. The van der Waals surface area contributed by atoms with Crippen molar-refractivity contribution in [2.75, 3.05) is 0 Å². The molecule has 11 heteroatoms. The van der Waals surface area contributed by atoms with Crippen molar-refractivity contribution in [2.24, 2.45) is 0 Å². The lowest BCUT2D eigenvalue weighted by atomic mass is 10.00.